The Labute approximate surface area is 200 Å². The molecule has 0 spiro atoms. The average molecular weight is 507 g/mol. The van der Waals surface area contributed by atoms with Gasteiger partial charge >= 0.3 is 6.18 Å². The number of amides is 3. The molecule has 1 aromatic carbocycles. The van der Waals surface area contributed by atoms with E-state index < -0.39 is 35.4 Å². The predicted molar refractivity (Wildman–Crippen MR) is 121 cm³/mol. The Kier molecular flexibility index (Phi) is 10.6. The van der Waals surface area contributed by atoms with Gasteiger partial charge in [0.1, 0.15) is 11.9 Å². The largest absolute Gasteiger partial charge is 0.416 e. The van der Waals surface area contributed by atoms with Crippen molar-refractivity contribution < 1.29 is 31.9 Å². The van der Waals surface area contributed by atoms with Gasteiger partial charge in [-0.1, -0.05) is 0 Å². The van der Waals surface area contributed by atoms with Gasteiger partial charge in [0.25, 0.3) is 0 Å². The number of alkyl halides is 3. The molecule has 34 heavy (non-hydrogen) atoms. The molecule has 1 heterocycles. The van der Waals surface area contributed by atoms with Crippen molar-refractivity contribution in [3.8, 4) is 0 Å². The highest BCUT2D eigenvalue weighted by Gasteiger charge is 2.32. The molecule has 7 nitrogen and oxygen atoms in total. The summed E-state index contributed by atoms with van der Waals surface area (Å²) in [5, 5.41) is 2.52. The van der Waals surface area contributed by atoms with Crippen LogP contribution in [0.4, 0.5) is 17.6 Å². The van der Waals surface area contributed by atoms with Crippen molar-refractivity contribution in [3.05, 3.63) is 35.1 Å². The highest BCUT2D eigenvalue weighted by molar-refractivity contribution is 7.98. The van der Waals surface area contributed by atoms with Crippen LogP contribution in [-0.2, 0) is 27.1 Å². The van der Waals surface area contributed by atoms with Gasteiger partial charge in [0.15, 0.2) is 0 Å². The first-order chi connectivity index (χ1) is 16.0. The SMILES string of the molecule is CSCCC(NC(=O)CN(CC(=O)N1CCCCC1)Cc1cc(F)cc(C(F)(F)F)c1)C(N)=O. The minimum atomic E-state index is -4.74. The van der Waals surface area contributed by atoms with Crippen LogP contribution < -0.4 is 11.1 Å². The van der Waals surface area contributed by atoms with E-state index >= 15 is 0 Å². The molecule has 1 atom stereocenters. The Morgan fingerprint density at radius 3 is 2.41 bits per heavy atom. The molecule has 1 aliphatic rings. The molecule has 190 valence electrons. The molecule has 0 saturated carbocycles. The Bertz CT molecular complexity index is 863. The molecule has 12 heteroatoms. The molecule has 3 amide bonds. The van der Waals surface area contributed by atoms with Crippen molar-refractivity contribution >= 4 is 29.5 Å². The number of nitrogens with zero attached hydrogens (tertiary/aromatic N) is 2. The molecular weight excluding hydrogens is 476 g/mol. The van der Waals surface area contributed by atoms with Crippen LogP contribution in [0.5, 0.6) is 0 Å². The fourth-order valence-electron chi connectivity index (χ4n) is 3.73. The van der Waals surface area contributed by atoms with Gasteiger partial charge in [-0.05, 0) is 61.5 Å². The van der Waals surface area contributed by atoms with Crippen molar-refractivity contribution in [3.63, 3.8) is 0 Å². The molecule has 0 radical (unpaired) electrons. The maximum atomic E-state index is 13.9. The number of piperidine rings is 1. The van der Waals surface area contributed by atoms with Crippen LogP contribution in [0, 0.1) is 5.82 Å². The molecule has 1 unspecified atom stereocenters. The van der Waals surface area contributed by atoms with E-state index in [1.807, 2.05) is 6.26 Å². The third kappa shape index (κ3) is 9.13. The normalized spacial score (nSPS) is 15.3. The van der Waals surface area contributed by atoms with Crippen LogP contribution in [0.1, 0.15) is 36.8 Å². The Hall–Kier alpha value is -2.34. The van der Waals surface area contributed by atoms with Crippen LogP contribution >= 0.6 is 11.8 Å². The van der Waals surface area contributed by atoms with Crippen LogP contribution in [-0.4, -0.2) is 71.8 Å². The predicted octanol–water partition coefficient (Wildman–Crippen LogP) is 2.38. The van der Waals surface area contributed by atoms with Crippen LogP contribution in [0.3, 0.4) is 0 Å². The molecule has 1 saturated heterocycles. The van der Waals surface area contributed by atoms with Gasteiger partial charge in [0.05, 0.1) is 18.7 Å². The summed E-state index contributed by atoms with van der Waals surface area (Å²) in [6.07, 6.45) is 0.107. The van der Waals surface area contributed by atoms with Gasteiger partial charge in [0, 0.05) is 19.6 Å². The quantitative estimate of drug-likeness (QED) is 0.450. The first kappa shape index (κ1) is 27.9. The minimum absolute atomic E-state index is 0.0274. The number of benzene rings is 1. The van der Waals surface area contributed by atoms with Crippen LogP contribution in [0.25, 0.3) is 0 Å². The van der Waals surface area contributed by atoms with Gasteiger partial charge in [0.2, 0.25) is 17.7 Å². The minimum Gasteiger partial charge on any atom is -0.368 e. The smallest absolute Gasteiger partial charge is 0.368 e. The fourth-order valence-corrected chi connectivity index (χ4v) is 4.20. The number of nitrogens with two attached hydrogens (primary N) is 1. The maximum absolute atomic E-state index is 13.9. The van der Waals surface area contributed by atoms with E-state index in [4.69, 9.17) is 5.73 Å². The Morgan fingerprint density at radius 1 is 1.15 bits per heavy atom. The number of halogens is 4. The first-order valence-corrected chi connectivity index (χ1v) is 12.3. The zero-order valence-electron chi connectivity index (χ0n) is 19.0. The molecule has 1 fully saturated rings. The van der Waals surface area contributed by atoms with Crippen molar-refractivity contribution in [2.45, 2.75) is 44.4 Å². The lowest BCUT2D eigenvalue weighted by Crippen LogP contribution is -2.50. The number of carbonyl (C=O) groups is 3. The third-order valence-electron chi connectivity index (χ3n) is 5.42. The third-order valence-corrected chi connectivity index (χ3v) is 6.06. The zero-order chi connectivity index (χ0) is 25.3. The summed E-state index contributed by atoms with van der Waals surface area (Å²) >= 11 is 1.47. The van der Waals surface area contributed by atoms with E-state index in [2.05, 4.69) is 5.32 Å². The maximum Gasteiger partial charge on any atom is 0.416 e. The first-order valence-electron chi connectivity index (χ1n) is 10.9. The fraction of sp³-hybridized carbons (Fsp3) is 0.591. The van der Waals surface area contributed by atoms with Gasteiger partial charge in [-0.3, -0.25) is 19.3 Å². The van der Waals surface area contributed by atoms with Gasteiger partial charge in [-0.25, -0.2) is 4.39 Å². The molecule has 0 aliphatic carbocycles. The van der Waals surface area contributed by atoms with Gasteiger partial charge in [-0.2, -0.15) is 24.9 Å². The molecule has 0 bridgehead atoms. The van der Waals surface area contributed by atoms with Crippen molar-refractivity contribution in [1.29, 1.82) is 0 Å². The number of likely N-dealkylation sites (tertiary alicyclic amines) is 1. The van der Waals surface area contributed by atoms with Crippen molar-refractivity contribution in [2.24, 2.45) is 5.73 Å². The Balaban J connectivity index is 2.18. The molecular formula is C22H30F4N4O3S. The van der Waals surface area contributed by atoms with E-state index in [0.29, 0.717) is 31.3 Å². The second-order valence-corrected chi connectivity index (χ2v) is 9.22. The van der Waals surface area contributed by atoms with E-state index in [1.54, 1.807) is 4.90 Å². The van der Waals surface area contributed by atoms with Crippen LogP contribution in [0.15, 0.2) is 18.2 Å². The number of hydrogen-bond acceptors (Lipinski definition) is 5. The number of carbonyl (C=O) groups excluding carboxylic acids is 3. The summed E-state index contributed by atoms with van der Waals surface area (Å²) in [6, 6.07) is 1.22. The number of thioether (sulfide) groups is 1. The van der Waals surface area contributed by atoms with E-state index in [1.165, 1.54) is 16.7 Å². The number of primary amides is 1. The molecule has 2 rings (SSSR count). The number of nitrogens with one attached hydrogen (secondary N) is 1. The monoisotopic (exact) mass is 506 g/mol. The van der Waals surface area contributed by atoms with E-state index in [9.17, 15) is 31.9 Å². The standard InChI is InChI=1S/C22H30F4N4O3S/c1-34-8-5-18(21(27)33)28-19(31)13-29(14-20(32)30-6-3-2-4-7-30)12-15-9-16(22(24,25)26)11-17(23)10-15/h9-11,18H,2-8,12-14H2,1H3,(H2,27,33)(H,28,31). The summed E-state index contributed by atoms with van der Waals surface area (Å²) < 4.78 is 53.2. The second kappa shape index (κ2) is 12.9. The average Bonchev–Trinajstić information content (AvgIpc) is 2.76. The lowest BCUT2D eigenvalue weighted by Gasteiger charge is -2.30. The second-order valence-electron chi connectivity index (χ2n) is 8.24. The van der Waals surface area contributed by atoms with E-state index in [0.717, 1.165) is 31.4 Å². The lowest BCUT2D eigenvalue weighted by atomic mass is 10.1. The zero-order valence-corrected chi connectivity index (χ0v) is 19.8. The van der Waals surface area contributed by atoms with Crippen LogP contribution in [0.2, 0.25) is 0 Å². The molecule has 1 aliphatic heterocycles. The van der Waals surface area contributed by atoms with E-state index in [-0.39, 0.29) is 31.1 Å². The number of rotatable bonds is 11. The van der Waals surface area contributed by atoms with Crippen molar-refractivity contribution in [2.75, 3.05) is 38.2 Å². The molecule has 3 N–H and O–H groups in total. The van der Waals surface area contributed by atoms with Gasteiger partial charge in [-0.15, -0.1) is 0 Å². The van der Waals surface area contributed by atoms with Crippen molar-refractivity contribution in [1.82, 2.24) is 15.1 Å². The molecule has 0 aromatic heterocycles. The lowest BCUT2D eigenvalue weighted by molar-refractivity contribution is -0.138. The number of hydrogen-bond donors (Lipinski definition) is 2. The topological polar surface area (TPSA) is 95.7 Å². The highest BCUT2D eigenvalue weighted by Crippen LogP contribution is 2.30. The summed E-state index contributed by atoms with van der Waals surface area (Å²) in [7, 11) is 0. The summed E-state index contributed by atoms with van der Waals surface area (Å²) in [4.78, 5) is 40.0. The summed E-state index contributed by atoms with van der Waals surface area (Å²) in [5.74, 6) is -2.08. The summed E-state index contributed by atoms with van der Waals surface area (Å²) in [6.45, 7) is 0.253. The highest BCUT2D eigenvalue weighted by atomic mass is 32.2. The van der Waals surface area contributed by atoms with Gasteiger partial charge < -0.3 is 16.0 Å². The summed E-state index contributed by atoms with van der Waals surface area (Å²) in [5.41, 5.74) is 4.17. The Morgan fingerprint density at radius 2 is 1.82 bits per heavy atom. The molecule has 1 aromatic rings.